The molecule has 0 spiro atoms. The number of hydrogen-bond acceptors (Lipinski definition) is 5. The summed E-state index contributed by atoms with van der Waals surface area (Å²) in [5, 5.41) is 8.85. The van der Waals surface area contributed by atoms with Crippen LogP contribution in [0.25, 0.3) is 17.4 Å². The summed E-state index contributed by atoms with van der Waals surface area (Å²) in [7, 11) is 0. The largest absolute Gasteiger partial charge is 0.480 e. The van der Waals surface area contributed by atoms with Crippen molar-refractivity contribution in [2.45, 2.75) is 13.3 Å². The molecule has 0 unspecified atom stereocenters. The van der Waals surface area contributed by atoms with Gasteiger partial charge in [0, 0.05) is 11.6 Å². The van der Waals surface area contributed by atoms with Gasteiger partial charge in [-0.15, -0.1) is 0 Å². The second-order valence-corrected chi connectivity index (χ2v) is 7.09. The highest BCUT2D eigenvalue weighted by Gasteiger charge is 2.33. The summed E-state index contributed by atoms with van der Waals surface area (Å²) in [6, 6.07) is 11.7. The molecule has 1 amide bonds. The molecule has 2 heterocycles. The first-order valence-corrected chi connectivity index (χ1v) is 8.86. The normalized spacial score (nSPS) is 16.0. The standard InChI is InChI=1S/C18H15NO4S2/c1-2-11-3-5-12(6-4-11)14-8-7-13(23-14)9-15-17(22)19(10-16(20)21)18(24)25-15/h3-9H,2,10H2,1H3,(H,20,21)/b15-9-. The Balaban J connectivity index is 1.80. The summed E-state index contributed by atoms with van der Waals surface area (Å²) in [5.41, 5.74) is 2.20. The number of carbonyl (C=O) groups excluding carboxylic acids is 1. The molecular formula is C18H15NO4S2. The first kappa shape index (κ1) is 17.4. The highest BCUT2D eigenvalue weighted by molar-refractivity contribution is 8.26. The van der Waals surface area contributed by atoms with Crippen LogP contribution in [0.1, 0.15) is 18.2 Å². The van der Waals surface area contributed by atoms with Crippen LogP contribution in [0, 0.1) is 0 Å². The van der Waals surface area contributed by atoms with Crippen LogP contribution >= 0.6 is 24.0 Å². The monoisotopic (exact) mass is 373 g/mol. The van der Waals surface area contributed by atoms with Crippen LogP contribution in [0.5, 0.6) is 0 Å². The van der Waals surface area contributed by atoms with E-state index in [9.17, 15) is 9.59 Å². The van der Waals surface area contributed by atoms with Gasteiger partial charge >= 0.3 is 5.97 Å². The number of furan rings is 1. The van der Waals surface area contributed by atoms with E-state index in [1.807, 2.05) is 18.2 Å². The van der Waals surface area contributed by atoms with Gasteiger partial charge in [-0.1, -0.05) is 55.2 Å². The van der Waals surface area contributed by atoms with Gasteiger partial charge in [-0.05, 0) is 24.1 Å². The zero-order chi connectivity index (χ0) is 18.0. The number of hydrogen-bond donors (Lipinski definition) is 1. The number of aryl methyl sites for hydroxylation is 1. The van der Waals surface area contributed by atoms with Crippen molar-refractivity contribution >= 4 is 46.3 Å². The van der Waals surface area contributed by atoms with Crippen LogP contribution < -0.4 is 0 Å². The summed E-state index contributed by atoms with van der Waals surface area (Å²) in [6.45, 7) is 1.66. The summed E-state index contributed by atoms with van der Waals surface area (Å²) in [5.74, 6) is -0.295. The van der Waals surface area contributed by atoms with Gasteiger partial charge in [0.2, 0.25) is 0 Å². The van der Waals surface area contributed by atoms with E-state index in [2.05, 4.69) is 19.1 Å². The van der Waals surface area contributed by atoms with Crippen molar-refractivity contribution < 1.29 is 19.1 Å². The Hall–Kier alpha value is -2.38. The predicted molar refractivity (Wildman–Crippen MR) is 101 cm³/mol. The van der Waals surface area contributed by atoms with Gasteiger partial charge in [-0.25, -0.2) is 0 Å². The number of thiocarbonyl (C=S) groups is 1. The molecule has 0 bridgehead atoms. The fourth-order valence-electron chi connectivity index (χ4n) is 2.39. The Kier molecular flexibility index (Phi) is 5.06. The molecule has 0 saturated carbocycles. The number of aliphatic carboxylic acids is 1. The maximum Gasteiger partial charge on any atom is 0.323 e. The summed E-state index contributed by atoms with van der Waals surface area (Å²) in [4.78, 5) is 24.5. The van der Waals surface area contributed by atoms with E-state index in [-0.39, 0.29) is 4.32 Å². The smallest absolute Gasteiger partial charge is 0.323 e. The van der Waals surface area contributed by atoms with Gasteiger partial charge in [0.25, 0.3) is 5.91 Å². The van der Waals surface area contributed by atoms with Gasteiger partial charge in [0.1, 0.15) is 22.4 Å². The molecule has 5 nitrogen and oxygen atoms in total. The molecule has 2 aromatic rings. The fourth-order valence-corrected chi connectivity index (χ4v) is 3.63. The molecule has 25 heavy (non-hydrogen) atoms. The highest BCUT2D eigenvalue weighted by atomic mass is 32.2. The molecule has 128 valence electrons. The van der Waals surface area contributed by atoms with Crippen molar-refractivity contribution in [1.29, 1.82) is 0 Å². The number of carbonyl (C=O) groups is 2. The fraction of sp³-hybridized carbons (Fsp3) is 0.167. The Labute approximate surface area is 154 Å². The number of nitrogens with zero attached hydrogens (tertiary/aromatic N) is 1. The molecule has 1 fully saturated rings. The molecule has 0 atom stereocenters. The highest BCUT2D eigenvalue weighted by Crippen LogP contribution is 2.33. The zero-order valence-corrected chi connectivity index (χ0v) is 15.0. The van der Waals surface area contributed by atoms with Crippen LogP contribution in [-0.4, -0.2) is 32.7 Å². The Morgan fingerprint density at radius 1 is 1.28 bits per heavy atom. The lowest BCUT2D eigenvalue weighted by Gasteiger charge is -2.09. The minimum atomic E-state index is -1.10. The second kappa shape index (κ2) is 7.25. The third-order valence-corrected chi connectivity index (χ3v) is 5.09. The van der Waals surface area contributed by atoms with E-state index >= 15 is 0 Å². The third kappa shape index (κ3) is 3.83. The SMILES string of the molecule is CCc1ccc(-c2ccc(/C=C3\SC(=S)N(CC(=O)O)C3=O)o2)cc1. The van der Waals surface area contributed by atoms with Gasteiger partial charge in [0.15, 0.2) is 0 Å². The van der Waals surface area contributed by atoms with Crippen LogP contribution in [0.3, 0.4) is 0 Å². The zero-order valence-electron chi connectivity index (χ0n) is 13.4. The summed E-state index contributed by atoms with van der Waals surface area (Å²) < 4.78 is 6.02. The minimum Gasteiger partial charge on any atom is -0.480 e. The van der Waals surface area contributed by atoms with E-state index in [0.717, 1.165) is 28.6 Å². The Bertz CT molecular complexity index is 867. The molecule has 1 N–H and O–H groups in total. The molecular weight excluding hydrogens is 358 g/mol. The van der Waals surface area contributed by atoms with Crippen LogP contribution in [0.2, 0.25) is 0 Å². The predicted octanol–water partition coefficient (Wildman–Crippen LogP) is 3.79. The van der Waals surface area contributed by atoms with Crippen molar-refractivity contribution in [3.63, 3.8) is 0 Å². The molecule has 3 rings (SSSR count). The van der Waals surface area contributed by atoms with Crippen molar-refractivity contribution in [3.05, 3.63) is 52.6 Å². The number of thioether (sulfide) groups is 1. The maximum atomic E-state index is 12.2. The molecule has 0 aliphatic carbocycles. The van der Waals surface area contributed by atoms with E-state index in [0.29, 0.717) is 16.4 Å². The molecule has 7 heteroatoms. The maximum absolute atomic E-state index is 12.2. The van der Waals surface area contributed by atoms with E-state index in [1.54, 1.807) is 12.1 Å². The second-order valence-electron chi connectivity index (χ2n) is 5.41. The number of amides is 1. The van der Waals surface area contributed by atoms with E-state index in [1.165, 1.54) is 5.56 Å². The first-order valence-electron chi connectivity index (χ1n) is 7.64. The average molecular weight is 373 g/mol. The van der Waals surface area contributed by atoms with E-state index < -0.39 is 18.4 Å². The molecule has 1 aromatic heterocycles. The Morgan fingerprint density at radius 3 is 2.64 bits per heavy atom. The summed E-state index contributed by atoms with van der Waals surface area (Å²) in [6.07, 6.45) is 2.56. The molecule has 1 aliphatic heterocycles. The third-order valence-electron chi connectivity index (χ3n) is 3.71. The van der Waals surface area contributed by atoms with Crippen molar-refractivity contribution in [2.75, 3.05) is 6.54 Å². The van der Waals surface area contributed by atoms with E-state index in [4.69, 9.17) is 21.7 Å². The molecule has 1 aliphatic rings. The van der Waals surface area contributed by atoms with Gasteiger partial charge in [-0.3, -0.25) is 14.5 Å². The van der Waals surface area contributed by atoms with Gasteiger partial charge < -0.3 is 9.52 Å². The molecule has 1 saturated heterocycles. The van der Waals surface area contributed by atoms with Crippen molar-refractivity contribution in [2.24, 2.45) is 0 Å². The van der Waals surface area contributed by atoms with Crippen LogP contribution in [0.15, 0.2) is 45.7 Å². The molecule has 1 aromatic carbocycles. The first-order chi connectivity index (χ1) is 12.0. The van der Waals surface area contributed by atoms with Gasteiger partial charge in [-0.2, -0.15) is 0 Å². The lowest BCUT2D eigenvalue weighted by molar-refractivity contribution is -0.140. The lowest BCUT2D eigenvalue weighted by atomic mass is 10.1. The van der Waals surface area contributed by atoms with Crippen molar-refractivity contribution in [3.8, 4) is 11.3 Å². The molecule has 0 radical (unpaired) electrons. The number of benzene rings is 1. The number of carboxylic acids is 1. The van der Waals surface area contributed by atoms with Crippen LogP contribution in [0.4, 0.5) is 0 Å². The van der Waals surface area contributed by atoms with Crippen molar-refractivity contribution in [1.82, 2.24) is 4.90 Å². The number of rotatable bonds is 5. The quantitative estimate of drug-likeness (QED) is 0.635. The Morgan fingerprint density at radius 2 is 2.00 bits per heavy atom. The van der Waals surface area contributed by atoms with Crippen LogP contribution in [-0.2, 0) is 16.0 Å². The van der Waals surface area contributed by atoms with Gasteiger partial charge in [0.05, 0.1) is 4.91 Å². The average Bonchev–Trinajstić information content (AvgIpc) is 3.15. The minimum absolute atomic E-state index is 0.237. The number of carboxylic acid groups (broad SMARTS) is 1. The summed E-state index contributed by atoms with van der Waals surface area (Å²) >= 11 is 6.14. The topological polar surface area (TPSA) is 70.8 Å². The lowest BCUT2D eigenvalue weighted by Crippen LogP contribution is -2.33.